The van der Waals surface area contributed by atoms with Gasteiger partial charge in [-0.1, -0.05) is 24.3 Å². The lowest BCUT2D eigenvalue weighted by atomic mass is 10.1. The molecule has 1 heterocycles. The fourth-order valence-corrected chi connectivity index (χ4v) is 3.07. The van der Waals surface area contributed by atoms with E-state index in [-0.39, 0.29) is 18.5 Å². The van der Waals surface area contributed by atoms with Crippen LogP contribution in [-0.2, 0) is 11.2 Å². The van der Waals surface area contributed by atoms with Gasteiger partial charge in [-0.2, -0.15) is 0 Å². The van der Waals surface area contributed by atoms with E-state index in [2.05, 4.69) is 0 Å². The maximum Gasteiger partial charge on any atom is 0.329 e. The van der Waals surface area contributed by atoms with E-state index in [9.17, 15) is 9.59 Å². The normalized spacial score (nSPS) is 15.4. The second-order valence-corrected chi connectivity index (χ2v) is 6.53. The lowest BCUT2D eigenvalue weighted by molar-refractivity contribution is -0.136. The second-order valence-electron chi connectivity index (χ2n) is 6.53. The molecular formula is C20H23N3O3. The van der Waals surface area contributed by atoms with Gasteiger partial charge in [-0.25, -0.2) is 4.79 Å². The Labute approximate surface area is 152 Å². The number of carboxylic acids is 1. The third-order valence-corrected chi connectivity index (χ3v) is 4.62. The zero-order valence-corrected chi connectivity index (χ0v) is 14.8. The van der Waals surface area contributed by atoms with Crippen molar-refractivity contribution in [3.8, 4) is 0 Å². The van der Waals surface area contributed by atoms with Crippen LogP contribution in [0.5, 0.6) is 0 Å². The van der Waals surface area contributed by atoms with Crippen LogP contribution >= 0.6 is 0 Å². The number of rotatable bonds is 6. The van der Waals surface area contributed by atoms with Crippen molar-refractivity contribution >= 4 is 23.4 Å². The first-order valence-corrected chi connectivity index (χ1v) is 8.71. The van der Waals surface area contributed by atoms with Gasteiger partial charge in [-0.05, 0) is 48.7 Å². The number of carbonyl (C=O) groups excluding carboxylic acids is 1. The number of hydrogen-bond donors (Lipinski definition) is 2. The van der Waals surface area contributed by atoms with Crippen LogP contribution in [0.2, 0.25) is 0 Å². The number of hydrogen-bond acceptors (Lipinski definition) is 3. The molecule has 0 bridgehead atoms. The molecule has 0 aromatic heterocycles. The van der Waals surface area contributed by atoms with E-state index in [1.54, 1.807) is 9.80 Å². The summed E-state index contributed by atoms with van der Waals surface area (Å²) in [6.45, 7) is 3.16. The number of amides is 2. The Balaban J connectivity index is 1.69. The summed E-state index contributed by atoms with van der Waals surface area (Å²) in [5.74, 6) is -0.811. The van der Waals surface area contributed by atoms with Crippen LogP contribution in [0.25, 0.3) is 0 Å². The molecule has 1 saturated heterocycles. The Kier molecular flexibility index (Phi) is 5.23. The van der Waals surface area contributed by atoms with Crippen molar-refractivity contribution in [3.05, 3.63) is 59.7 Å². The average Bonchev–Trinajstić information content (AvgIpc) is 3.02. The largest absolute Gasteiger partial charge is 0.481 e. The smallest absolute Gasteiger partial charge is 0.329 e. The van der Waals surface area contributed by atoms with Gasteiger partial charge in [-0.15, -0.1) is 0 Å². The molecule has 2 aromatic carbocycles. The number of nitrogens with zero attached hydrogens (tertiary/aromatic N) is 2. The first-order valence-electron chi connectivity index (χ1n) is 8.71. The molecule has 1 atom stereocenters. The third kappa shape index (κ3) is 3.86. The van der Waals surface area contributed by atoms with Crippen molar-refractivity contribution in [2.45, 2.75) is 25.8 Å². The quantitative estimate of drug-likeness (QED) is 0.835. The Bertz CT molecular complexity index is 785. The molecule has 0 spiro atoms. The van der Waals surface area contributed by atoms with Crippen LogP contribution in [0.4, 0.5) is 16.2 Å². The number of nitrogens with two attached hydrogens (primary N) is 1. The number of carboxylic acid groups (broad SMARTS) is 1. The average molecular weight is 353 g/mol. The number of anilines is 2. The van der Waals surface area contributed by atoms with Crippen LogP contribution in [0, 0.1) is 0 Å². The summed E-state index contributed by atoms with van der Waals surface area (Å²) in [6.07, 6.45) is 0.592. The molecule has 1 aliphatic rings. The molecule has 1 fully saturated rings. The Hall–Kier alpha value is -2.86. The van der Waals surface area contributed by atoms with Gasteiger partial charge in [0.15, 0.2) is 0 Å². The maximum atomic E-state index is 12.8. The lowest BCUT2D eigenvalue weighted by Crippen LogP contribution is -2.31. The van der Waals surface area contributed by atoms with Crippen molar-refractivity contribution in [3.63, 3.8) is 0 Å². The first-order chi connectivity index (χ1) is 12.5. The number of carbonyl (C=O) groups is 2. The zero-order valence-electron chi connectivity index (χ0n) is 14.8. The Morgan fingerprint density at radius 3 is 2.00 bits per heavy atom. The standard InChI is InChI=1S/C20H23N3O3/c1-14(21)16-5-9-18(10-6-16)23-13-12-22(20(23)26)17-7-2-15(3-8-17)4-11-19(24)25/h2-3,5-10,14H,4,11-13,21H2,1H3,(H,24,25). The van der Waals surface area contributed by atoms with E-state index < -0.39 is 5.97 Å². The van der Waals surface area contributed by atoms with Crippen molar-refractivity contribution in [1.82, 2.24) is 0 Å². The van der Waals surface area contributed by atoms with Crippen LogP contribution in [0.1, 0.15) is 30.5 Å². The molecule has 3 N–H and O–H groups in total. The van der Waals surface area contributed by atoms with Crippen LogP contribution in [0.3, 0.4) is 0 Å². The fourth-order valence-electron chi connectivity index (χ4n) is 3.07. The number of benzene rings is 2. The minimum Gasteiger partial charge on any atom is -0.481 e. The number of aryl methyl sites for hydroxylation is 1. The van der Waals surface area contributed by atoms with Crippen LogP contribution in [0.15, 0.2) is 48.5 Å². The molecule has 2 aromatic rings. The summed E-state index contributed by atoms with van der Waals surface area (Å²) in [4.78, 5) is 26.9. The predicted molar refractivity (Wildman–Crippen MR) is 102 cm³/mol. The minimum atomic E-state index is -0.811. The Morgan fingerprint density at radius 2 is 1.54 bits per heavy atom. The molecule has 0 saturated carbocycles. The van der Waals surface area contributed by atoms with Gasteiger partial charge in [0.05, 0.1) is 0 Å². The van der Waals surface area contributed by atoms with Gasteiger partial charge in [0.1, 0.15) is 0 Å². The second kappa shape index (κ2) is 7.58. The summed E-state index contributed by atoms with van der Waals surface area (Å²) in [5.41, 5.74) is 9.54. The van der Waals surface area contributed by atoms with Gasteiger partial charge < -0.3 is 10.8 Å². The SMILES string of the molecule is CC(N)c1ccc(N2CCN(c3ccc(CCC(=O)O)cc3)C2=O)cc1. The third-order valence-electron chi connectivity index (χ3n) is 4.62. The molecule has 6 nitrogen and oxygen atoms in total. The highest BCUT2D eigenvalue weighted by Gasteiger charge is 2.30. The molecule has 0 aliphatic carbocycles. The van der Waals surface area contributed by atoms with Gasteiger partial charge in [-0.3, -0.25) is 14.6 Å². The summed E-state index contributed by atoms with van der Waals surface area (Å²) >= 11 is 0. The zero-order chi connectivity index (χ0) is 18.7. The van der Waals surface area contributed by atoms with E-state index >= 15 is 0 Å². The summed E-state index contributed by atoms with van der Waals surface area (Å²) in [5, 5.41) is 8.76. The molecule has 6 heteroatoms. The molecular weight excluding hydrogens is 330 g/mol. The number of aliphatic carboxylic acids is 1. The van der Waals surface area contributed by atoms with Crippen LogP contribution < -0.4 is 15.5 Å². The summed E-state index contributed by atoms with van der Waals surface area (Å²) in [7, 11) is 0. The van der Waals surface area contributed by atoms with Crippen LogP contribution in [-0.4, -0.2) is 30.2 Å². The van der Waals surface area contributed by atoms with E-state index in [4.69, 9.17) is 10.8 Å². The van der Waals surface area contributed by atoms with E-state index in [0.29, 0.717) is 19.5 Å². The molecule has 1 aliphatic heterocycles. The highest BCUT2D eigenvalue weighted by atomic mass is 16.4. The fraction of sp³-hybridized carbons (Fsp3) is 0.300. The maximum absolute atomic E-state index is 12.8. The molecule has 0 radical (unpaired) electrons. The summed E-state index contributed by atoms with van der Waals surface area (Å²) < 4.78 is 0. The van der Waals surface area contributed by atoms with Crippen molar-refractivity contribution in [1.29, 1.82) is 0 Å². The van der Waals surface area contributed by atoms with Crippen molar-refractivity contribution < 1.29 is 14.7 Å². The highest BCUT2D eigenvalue weighted by Crippen LogP contribution is 2.26. The highest BCUT2D eigenvalue weighted by molar-refractivity contribution is 6.06. The lowest BCUT2D eigenvalue weighted by Gasteiger charge is -2.19. The van der Waals surface area contributed by atoms with Gasteiger partial charge in [0.2, 0.25) is 0 Å². The monoisotopic (exact) mass is 353 g/mol. The molecule has 1 unspecified atom stereocenters. The van der Waals surface area contributed by atoms with Crippen molar-refractivity contribution in [2.75, 3.05) is 22.9 Å². The molecule has 136 valence electrons. The van der Waals surface area contributed by atoms with Gasteiger partial charge >= 0.3 is 12.0 Å². The van der Waals surface area contributed by atoms with Crippen molar-refractivity contribution in [2.24, 2.45) is 5.73 Å². The van der Waals surface area contributed by atoms with Gasteiger partial charge in [0.25, 0.3) is 0 Å². The van der Waals surface area contributed by atoms with E-state index in [0.717, 1.165) is 22.5 Å². The van der Waals surface area contributed by atoms with E-state index in [1.807, 2.05) is 55.5 Å². The number of urea groups is 1. The predicted octanol–water partition coefficient (Wildman–Crippen LogP) is 3.17. The summed E-state index contributed by atoms with van der Waals surface area (Å²) in [6, 6.07) is 15.2. The van der Waals surface area contributed by atoms with Gasteiger partial charge in [0, 0.05) is 36.9 Å². The van der Waals surface area contributed by atoms with E-state index in [1.165, 1.54) is 0 Å². The molecule has 3 rings (SSSR count). The Morgan fingerprint density at radius 1 is 1.04 bits per heavy atom. The molecule has 26 heavy (non-hydrogen) atoms. The minimum absolute atomic E-state index is 0.0329. The molecule has 2 amide bonds. The topological polar surface area (TPSA) is 86.9 Å². The first kappa shape index (κ1) is 17.9.